The molecule has 1 heterocycles. The van der Waals surface area contributed by atoms with E-state index in [1.165, 1.54) is 5.56 Å². The zero-order chi connectivity index (χ0) is 13.1. The molecule has 0 atom stereocenters. The number of carbonyl (C=O) groups excluding carboxylic acids is 1. The molecule has 5 heteroatoms. The van der Waals surface area contributed by atoms with E-state index in [1.54, 1.807) is 0 Å². The summed E-state index contributed by atoms with van der Waals surface area (Å²) in [5, 5.41) is 6.61. The van der Waals surface area contributed by atoms with Crippen molar-refractivity contribution in [3.63, 3.8) is 0 Å². The van der Waals surface area contributed by atoms with Gasteiger partial charge in [0.1, 0.15) is 0 Å². The molecule has 1 amide bonds. The van der Waals surface area contributed by atoms with Crippen molar-refractivity contribution in [1.82, 2.24) is 10.2 Å². The van der Waals surface area contributed by atoms with E-state index in [0.29, 0.717) is 11.7 Å². The summed E-state index contributed by atoms with van der Waals surface area (Å²) in [6.45, 7) is 5.94. The van der Waals surface area contributed by atoms with E-state index >= 15 is 0 Å². The highest BCUT2D eigenvalue weighted by Crippen LogP contribution is 2.15. The number of thiocarbonyl (C=S) groups is 1. The highest BCUT2D eigenvalue weighted by Gasteiger charge is 2.18. The van der Waals surface area contributed by atoms with Crippen LogP contribution in [0.4, 0.5) is 5.69 Å². The summed E-state index contributed by atoms with van der Waals surface area (Å²) in [5.41, 5.74) is 3.13. The molecule has 0 unspecified atom stereocenters. The molecule has 1 saturated heterocycles. The molecule has 2 rings (SSSR count). The van der Waals surface area contributed by atoms with Crippen LogP contribution in [0, 0.1) is 13.8 Å². The molecular weight excluding hydrogens is 246 g/mol. The molecule has 1 aromatic rings. The summed E-state index contributed by atoms with van der Waals surface area (Å²) in [6.07, 6.45) is 0. The van der Waals surface area contributed by atoms with Gasteiger partial charge < -0.3 is 15.5 Å². The molecule has 0 aromatic heterocycles. The molecule has 1 fully saturated rings. The van der Waals surface area contributed by atoms with Gasteiger partial charge >= 0.3 is 0 Å². The zero-order valence-corrected chi connectivity index (χ0v) is 11.4. The van der Waals surface area contributed by atoms with Crippen LogP contribution in [0.5, 0.6) is 0 Å². The van der Waals surface area contributed by atoms with Crippen LogP contribution in [0.15, 0.2) is 18.2 Å². The fourth-order valence-electron chi connectivity index (χ4n) is 1.98. The first-order valence-corrected chi connectivity index (χ1v) is 6.37. The van der Waals surface area contributed by atoms with Crippen molar-refractivity contribution in [1.29, 1.82) is 0 Å². The average Bonchev–Trinajstić information content (AvgIpc) is 2.69. The summed E-state index contributed by atoms with van der Waals surface area (Å²) in [7, 11) is 0. The number of benzene rings is 1. The Morgan fingerprint density at radius 2 is 2.28 bits per heavy atom. The average molecular weight is 263 g/mol. The Kier molecular flexibility index (Phi) is 3.81. The minimum Gasteiger partial charge on any atom is -0.361 e. The van der Waals surface area contributed by atoms with E-state index in [0.717, 1.165) is 24.3 Å². The first kappa shape index (κ1) is 12.8. The fraction of sp³-hybridized carbons (Fsp3) is 0.385. The number of carbonyl (C=O) groups is 1. The van der Waals surface area contributed by atoms with Gasteiger partial charge in [-0.1, -0.05) is 17.7 Å². The summed E-state index contributed by atoms with van der Waals surface area (Å²) in [5.74, 6) is -0.0343. The van der Waals surface area contributed by atoms with Crippen LogP contribution in [0.25, 0.3) is 0 Å². The topological polar surface area (TPSA) is 44.4 Å². The Morgan fingerprint density at radius 1 is 1.50 bits per heavy atom. The van der Waals surface area contributed by atoms with Gasteiger partial charge in [-0.05, 0) is 37.7 Å². The monoisotopic (exact) mass is 263 g/mol. The molecule has 4 nitrogen and oxygen atoms in total. The van der Waals surface area contributed by atoms with E-state index in [-0.39, 0.29) is 5.91 Å². The number of aryl methyl sites for hydroxylation is 2. The lowest BCUT2D eigenvalue weighted by Gasteiger charge is -2.16. The molecule has 2 N–H and O–H groups in total. The summed E-state index contributed by atoms with van der Waals surface area (Å²) < 4.78 is 0. The number of hydrogen-bond donors (Lipinski definition) is 2. The summed E-state index contributed by atoms with van der Waals surface area (Å²) >= 11 is 5.10. The lowest BCUT2D eigenvalue weighted by atomic mass is 10.1. The Morgan fingerprint density at radius 3 is 2.89 bits per heavy atom. The van der Waals surface area contributed by atoms with Crippen molar-refractivity contribution in [2.45, 2.75) is 13.8 Å². The molecule has 18 heavy (non-hydrogen) atoms. The maximum Gasteiger partial charge on any atom is 0.243 e. The predicted molar refractivity (Wildman–Crippen MR) is 76.7 cm³/mol. The van der Waals surface area contributed by atoms with Gasteiger partial charge in [0.05, 0.1) is 6.54 Å². The predicted octanol–water partition coefficient (Wildman–Crippen LogP) is 1.43. The lowest BCUT2D eigenvalue weighted by Crippen LogP contribution is -2.35. The molecule has 1 aromatic carbocycles. The smallest absolute Gasteiger partial charge is 0.243 e. The van der Waals surface area contributed by atoms with Gasteiger partial charge in [0.2, 0.25) is 5.91 Å². The third-order valence-electron chi connectivity index (χ3n) is 2.94. The van der Waals surface area contributed by atoms with E-state index in [9.17, 15) is 4.79 Å². The van der Waals surface area contributed by atoms with Crippen LogP contribution in [-0.2, 0) is 4.79 Å². The normalized spacial score (nSPS) is 14.6. The molecule has 0 bridgehead atoms. The quantitative estimate of drug-likeness (QED) is 0.810. The minimum absolute atomic E-state index is 0.0343. The van der Waals surface area contributed by atoms with Crippen molar-refractivity contribution in [2.75, 3.05) is 25.0 Å². The number of rotatable bonds is 3. The van der Waals surface area contributed by atoms with Crippen molar-refractivity contribution >= 4 is 28.9 Å². The van der Waals surface area contributed by atoms with Gasteiger partial charge in [-0.25, -0.2) is 0 Å². The second-order valence-corrected chi connectivity index (χ2v) is 4.91. The van der Waals surface area contributed by atoms with Crippen LogP contribution >= 0.6 is 12.2 Å². The SMILES string of the molecule is Cc1ccc(NC(=O)CN2CCNC2=S)c(C)c1. The number of nitrogens with one attached hydrogen (secondary N) is 2. The van der Waals surface area contributed by atoms with Gasteiger partial charge in [0, 0.05) is 18.8 Å². The highest BCUT2D eigenvalue weighted by molar-refractivity contribution is 7.80. The van der Waals surface area contributed by atoms with Gasteiger partial charge in [0.15, 0.2) is 5.11 Å². The maximum absolute atomic E-state index is 11.9. The van der Waals surface area contributed by atoms with Crippen LogP contribution in [0.2, 0.25) is 0 Å². The first-order valence-electron chi connectivity index (χ1n) is 5.96. The Labute approximate surface area is 112 Å². The third-order valence-corrected chi connectivity index (χ3v) is 3.34. The second kappa shape index (κ2) is 5.35. The van der Waals surface area contributed by atoms with Gasteiger partial charge in [-0.2, -0.15) is 0 Å². The lowest BCUT2D eigenvalue weighted by molar-refractivity contribution is -0.116. The van der Waals surface area contributed by atoms with Gasteiger partial charge in [-0.15, -0.1) is 0 Å². The van der Waals surface area contributed by atoms with Crippen LogP contribution < -0.4 is 10.6 Å². The molecule has 0 radical (unpaired) electrons. The van der Waals surface area contributed by atoms with Gasteiger partial charge in [-0.3, -0.25) is 4.79 Å². The first-order chi connectivity index (χ1) is 8.56. The van der Waals surface area contributed by atoms with Gasteiger partial charge in [0.25, 0.3) is 0 Å². The molecule has 96 valence electrons. The number of anilines is 1. The summed E-state index contributed by atoms with van der Waals surface area (Å²) in [4.78, 5) is 13.8. The van der Waals surface area contributed by atoms with Crippen molar-refractivity contribution in [3.05, 3.63) is 29.3 Å². The molecule has 0 aliphatic carbocycles. The van der Waals surface area contributed by atoms with E-state index in [1.807, 2.05) is 30.9 Å². The van der Waals surface area contributed by atoms with Crippen molar-refractivity contribution < 1.29 is 4.79 Å². The van der Waals surface area contributed by atoms with Crippen molar-refractivity contribution in [3.8, 4) is 0 Å². The van der Waals surface area contributed by atoms with Crippen molar-refractivity contribution in [2.24, 2.45) is 0 Å². The third kappa shape index (κ3) is 2.98. The molecule has 0 saturated carbocycles. The van der Waals surface area contributed by atoms with E-state index < -0.39 is 0 Å². The van der Waals surface area contributed by atoms with Crippen LogP contribution in [-0.4, -0.2) is 35.6 Å². The molecule has 0 spiro atoms. The van der Waals surface area contributed by atoms with E-state index in [4.69, 9.17) is 12.2 Å². The highest BCUT2D eigenvalue weighted by atomic mass is 32.1. The maximum atomic E-state index is 11.9. The second-order valence-electron chi connectivity index (χ2n) is 4.52. The number of hydrogen-bond acceptors (Lipinski definition) is 2. The summed E-state index contributed by atoms with van der Waals surface area (Å²) in [6, 6.07) is 5.98. The standard InChI is InChI=1S/C13H17N3OS/c1-9-3-4-11(10(2)7-9)15-12(17)8-16-6-5-14-13(16)18/h3-4,7H,5-6,8H2,1-2H3,(H,14,18)(H,15,17). The zero-order valence-electron chi connectivity index (χ0n) is 10.6. The van der Waals surface area contributed by atoms with E-state index in [2.05, 4.69) is 16.7 Å². The molecular formula is C13H17N3OS. The fourth-order valence-corrected chi connectivity index (χ4v) is 2.24. The number of amides is 1. The number of nitrogens with zero attached hydrogens (tertiary/aromatic N) is 1. The molecule has 1 aliphatic heterocycles. The molecule has 1 aliphatic rings. The Balaban J connectivity index is 1.96. The Hall–Kier alpha value is -1.62. The minimum atomic E-state index is -0.0343. The largest absolute Gasteiger partial charge is 0.361 e. The van der Waals surface area contributed by atoms with Crippen LogP contribution in [0.1, 0.15) is 11.1 Å². The Bertz CT molecular complexity index is 487. The van der Waals surface area contributed by atoms with Crippen LogP contribution in [0.3, 0.4) is 0 Å².